The van der Waals surface area contributed by atoms with Gasteiger partial charge >= 0.3 is 5.97 Å². The van der Waals surface area contributed by atoms with Crippen LogP contribution in [0.15, 0.2) is 54.1 Å². The van der Waals surface area contributed by atoms with Gasteiger partial charge in [-0.2, -0.15) is 0 Å². The number of nitrogens with zero attached hydrogens (tertiary/aromatic N) is 2. The number of anilines is 1. The van der Waals surface area contributed by atoms with E-state index in [2.05, 4.69) is 5.32 Å². The zero-order valence-electron chi connectivity index (χ0n) is 19.5. The molecule has 9 heteroatoms. The molecule has 3 aromatic rings. The van der Waals surface area contributed by atoms with Crippen molar-refractivity contribution in [2.24, 2.45) is 0 Å². The molecule has 7 nitrogen and oxygen atoms in total. The highest BCUT2D eigenvalue weighted by molar-refractivity contribution is 7.80. The van der Waals surface area contributed by atoms with Crippen LogP contribution in [0.2, 0.25) is 0 Å². The van der Waals surface area contributed by atoms with Crippen LogP contribution >= 0.6 is 12.2 Å². The number of halogens is 1. The molecule has 2 amide bonds. The lowest BCUT2D eigenvalue weighted by Gasteiger charge is -2.29. The number of aryl methyl sites for hydroxylation is 2. The van der Waals surface area contributed by atoms with Gasteiger partial charge in [0.2, 0.25) is 0 Å². The van der Waals surface area contributed by atoms with E-state index >= 15 is 0 Å². The Balaban J connectivity index is 1.80. The summed E-state index contributed by atoms with van der Waals surface area (Å²) in [6.45, 7) is 5.63. The van der Waals surface area contributed by atoms with Gasteiger partial charge in [-0.25, -0.2) is 14.1 Å². The standard InChI is InChI=1S/C26H22FN3O4S/c1-14-9-10-17(25(33)34-4)13-22(14)29-15(2)11-18(16(29)3)12-19-23(31)28-26(35)30(24(19)32)21-8-6-5-7-20(21)27/h5-13H,1-4H3,(H,28,31,35)/b19-12+. The summed E-state index contributed by atoms with van der Waals surface area (Å²) in [5.74, 6) is -2.48. The van der Waals surface area contributed by atoms with E-state index in [1.165, 1.54) is 31.4 Å². The molecule has 0 saturated carbocycles. The summed E-state index contributed by atoms with van der Waals surface area (Å²) in [5, 5.41) is 2.28. The van der Waals surface area contributed by atoms with E-state index in [1.807, 2.05) is 37.5 Å². The second kappa shape index (κ2) is 9.27. The minimum Gasteiger partial charge on any atom is -0.465 e. The van der Waals surface area contributed by atoms with E-state index in [0.29, 0.717) is 11.1 Å². The zero-order valence-corrected chi connectivity index (χ0v) is 20.3. The number of ether oxygens (including phenoxy) is 1. The van der Waals surface area contributed by atoms with Gasteiger partial charge in [-0.05, 0) is 80.5 Å². The van der Waals surface area contributed by atoms with Gasteiger partial charge in [0.05, 0.1) is 18.4 Å². The van der Waals surface area contributed by atoms with Gasteiger partial charge in [0, 0.05) is 17.1 Å². The topological polar surface area (TPSA) is 80.6 Å². The van der Waals surface area contributed by atoms with E-state index in [4.69, 9.17) is 17.0 Å². The number of rotatable bonds is 4. The Labute approximate surface area is 206 Å². The van der Waals surface area contributed by atoms with Gasteiger partial charge in [-0.15, -0.1) is 0 Å². The van der Waals surface area contributed by atoms with Gasteiger partial charge in [0.25, 0.3) is 11.8 Å². The predicted octanol–water partition coefficient (Wildman–Crippen LogP) is 4.16. The number of nitrogens with one attached hydrogen (secondary N) is 1. The highest BCUT2D eigenvalue weighted by Gasteiger charge is 2.36. The van der Waals surface area contributed by atoms with Crippen LogP contribution in [-0.2, 0) is 14.3 Å². The molecule has 0 atom stereocenters. The van der Waals surface area contributed by atoms with Crippen molar-refractivity contribution in [1.29, 1.82) is 0 Å². The van der Waals surface area contributed by atoms with Crippen LogP contribution in [0.1, 0.15) is 32.9 Å². The lowest BCUT2D eigenvalue weighted by molar-refractivity contribution is -0.122. The minimum atomic E-state index is -0.725. The first-order chi connectivity index (χ1) is 16.6. The maximum absolute atomic E-state index is 14.4. The van der Waals surface area contributed by atoms with Crippen molar-refractivity contribution >= 4 is 46.9 Å². The van der Waals surface area contributed by atoms with Crippen molar-refractivity contribution in [2.75, 3.05) is 12.0 Å². The Morgan fingerprint density at radius 1 is 1.06 bits per heavy atom. The van der Waals surface area contributed by atoms with E-state index in [-0.39, 0.29) is 16.4 Å². The number of benzene rings is 2. The van der Waals surface area contributed by atoms with Crippen molar-refractivity contribution < 1.29 is 23.5 Å². The summed E-state index contributed by atoms with van der Waals surface area (Å²) < 4.78 is 21.2. The predicted molar refractivity (Wildman–Crippen MR) is 134 cm³/mol. The van der Waals surface area contributed by atoms with E-state index < -0.39 is 23.6 Å². The fourth-order valence-electron chi connectivity index (χ4n) is 4.06. The average molecular weight is 492 g/mol. The first-order valence-electron chi connectivity index (χ1n) is 10.7. The van der Waals surface area contributed by atoms with E-state index in [1.54, 1.807) is 18.2 Å². The van der Waals surface area contributed by atoms with Crippen molar-refractivity contribution in [2.45, 2.75) is 20.8 Å². The van der Waals surface area contributed by atoms with Crippen LogP contribution in [0.3, 0.4) is 0 Å². The molecule has 0 unspecified atom stereocenters. The second-order valence-electron chi connectivity index (χ2n) is 8.06. The summed E-state index contributed by atoms with van der Waals surface area (Å²) >= 11 is 5.15. The van der Waals surface area contributed by atoms with Crippen molar-refractivity contribution in [1.82, 2.24) is 9.88 Å². The van der Waals surface area contributed by atoms with Gasteiger partial charge < -0.3 is 9.30 Å². The summed E-state index contributed by atoms with van der Waals surface area (Å²) in [7, 11) is 1.32. The molecule has 2 aromatic carbocycles. The Hall–Kier alpha value is -4.11. The number of carbonyl (C=O) groups is 3. The number of esters is 1. The number of aromatic nitrogens is 1. The third kappa shape index (κ3) is 4.26. The first kappa shape index (κ1) is 24.0. The molecular weight excluding hydrogens is 469 g/mol. The number of hydrogen-bond donors (Lipinski definition) is 1. The molecule has 0 radical (unpaired) electrons. The van der Waals surface area contributed by atoms with Crippen LogP contribution in [0, 0.1) is 26.6 Å². The Morgan fingerprint density at radius 2 is 1.77 bits per heavy atom. The zero-order chi connectivity index (χ0) is 25.4. The number of carbonyl (C=O) groups excluding carboxylic acids is 3. The molecule has 1 N–H and O–H groups in total. The fraction of sp³-hybridized carbons (Fsp3) is 0.154. The molecule has 4 rings (SSSR count). The largest absolute Gasteiger partial charge is 0.465 e. The Morgan fingerprint density at radius 3 is 2.46 bits per heavy atom. The van der Waals surface area contributed by atoms with Crippen LogP contribution in [0.25, 0.3) is 11.8 Å². The minimum absolute atomic E-state index is 0.0471. The Bertz CT molecular complexity index is 1440. The maximum atomic E-state index is 14.4. The van der Waals surface area contributed by atoms with Gasteiger partial charge in [0.1, 0.15) is 11.4 Å². The molecule has 178 valence electrons. The molecule has 0 spiro atoms. The first-order valence-corrected chi connectivity index (χ1v) is 11.1. The molecule has 1 aromatic heterocycles. The summed E-state index contributed by atoms with van der Waals surface area (Å²) in [5.41, 5.74) is 4.04. The summed E-state index contributed by atoms with van der Waals surface area (Å²) in [6, 6.07) is 12.8. The highest BCUT2D eigenvalue weighted by Crippen LogP contribution is 2.28. The fourth-order valence-corrected chi connectivity index (χ4v) is 4.34. The SMILES string of the molecule is COC(=O)c1ccc(C)c(-n2c(C)cc(/C=C3\C(=O)NC(=S)N(c4ccccc4F)C3=O)c2C)c1. The molecule has 1 saturated heterocycles. The molecule has 2 heterocycles. The average Bonchev–Trinajstić information content (AvgIpc) is 3.10. The normalized spacial score (nSPS) is 14.9. The van der Waals surface area contributed by atoms with Crippen molar-refractivity contribution in [3.63, 3.8) is 0 Å². The van der Waals surface area contributed by atoms with Gasteiger partial charge in [0.15, 0.2) is 5.11 Å². The van der Waals surface area contributed by atoms with E-state index in [0.717, 1.165) is 27.5 Å². The maximum Gasteiger partial charge on any atom is 0.337 e. The molecule has 35 heavy (non-hydrogen) atoms. The lowest BCUT2D eigenvalue weighted by atomic mass is 10.1. The van der Waals surface area contributed by atoms with E-state index in [9.17, 15) is 18.8 Å². The third-order valence-corrected chi connectivity index (χ3v) is 6.12. The number of amides is 2. The number of thiocarbonyl (C=S) groups is 1. The second-order valence-corrected chi connectivity index (χ2v) is 8.45. The van der Waals surface area contributed by atoms with Gasteiger partial charge in [-0.1, -0.05) is 18.2 Å². The van der Waals surface area contributed by atoms with Crippen LogP contribution in [0.4, 0.5) is 10.1 Å². The molecule has 0 aliphatic carbocycles. The van der Waals surface area contributed by atoms with Crippen LogP contribution < -0.4 is 10.2 Å². The molecule has 1 aliphatic rings. The quantitative estimate of drug-likeness (QED) is 0.257. The highest BCUT2D eigenvalue weighted by atomic mass is 32.1. The van der Waals surface area contributed by atoms with Crippen molar-refractivity contribution in [3.8, 4) is 5.69 Å². The number of methoxy groups -OCH3 is 1. The van der Waals surface area contributed by atoms with Crippen molar-refractivity contribution in [3.05, 3.63) is 88.0 Å². The van der Waals surface area contributed by atoms with Crippen LogP contribution in [0.5, 0.6) is 0 Å². The van der Waals surface area contributed by atoms with Gasteiger partial charge in [-0.3, -0.25) is 14.9 Å². The summed E-state index contributed by atoms with van der Waals surface area (Å²) in [4.78, 5) is 39.0. The monoisotopic (exact) mass is 491 g/mol. The molecule has 1 aliphatic heterocycles. The van der Waals surface area contributed by atoms with Crippen LogP contribution in [-0.4, -0.2) is 34.6 Å². The number of para-hydroxylation sites is 1. The molecule has 0 bridgehead atoms. The smallest absolute Gasteiger partial charge is 0.337 e. The molecular formula is C26H22FN3O4S. The molecule has 1 fully saturated rings. The Kier molecular flexibility index (Phi) is 6.36. The summed E-state index contributed by atoms with van der Waals surface area (Å²) in [6.07, 6.45) is 1.46. The third-order valence-electron chi connectivity index (χ3n) is 5.84. The number of hydrogen-bond acceptors (Lipinski definition) is 5. The lowest BCUT2D eigenvalue weighted by Crippen LogP contribution is -2.54.